The largest absolute Gasteiger partial charge is 0.480 e. The third kappa shape index (κ3) is 9.05. The Bertz CT molecular complexity index is 782. The fourth-order valence-corrected chi connectivity index (χ4v) is 3.13. The van der Waals surface area contributed by atoms with Crippen molar-refractivity contribution < 1.29 is 24.3 Å². The van der Waals surface area contributed by atoms with Crippen LogP contribution in [0, 0.1) is 11.8 Å². The fourth-order valence-electron chi connectivity index (χ4n) is 3.13. The molecule has 0 saturated heterocycles. The van der Waals surface area contributed by atoms with E-state index in [2.05, 4.69) is 16.0 Å². The molecule has 9 nitrogen and oxygen atoms in total. The minimum Gasteiger partial charge on any atom is -0.480 e. The summed E-state index contributed by atoms with van der Waals surface area (Å²) in [4.78, 5) is 49.2. The molecule has 1 aromatic carbocycles. The highest BCUT2D eigenvalue weighted by molar-refractivity contribution is 5.94. The van der Waals surface area contributed by atoms with Crippen molar-refractivity contribution in [3.63, 3.8) is 0 Å². The Labute approximate surface area is 189 Å². The van der Waals surface area contributed by atoms with E-state index in [1.807, 2.05) is 19.9 Å². The van der Waals surface area contributed by atoms with Gasteiger partial charge in [0.15, 0.2) is 0 Å². The number of carboxylic acid groups (broad SMARTS) is 1. The van der Waals surface area contributed by atoms with Crippen LogP contribution in [0.3, 0.4) is 0 Å². The van der Waals surface area contributed by atoms with Crippen LogP contribution >= 0.6 is 0 Å². The van der Waals surface area contributed by atoms with Crippen molar-refractivity contribution in [2.24, 2.45) is 17.6 Å². The molecule has 0 radical (unpaired) electrons. The van der Waals surface area contributed by atoms with Gasteiger partial charge >= 0.3 is 5.97 Å². The summed E-state index contributed by atoms with van der Waals surface area (Å²) in [5.74, 6) is -2.86. The van der Waals surface area contributed by atoms with E-state index in [9.17, 15) is 24.3 Å². The van der Waals surface area contributed by atoms with Crippen molar-refractivity contribution in [1.29, 1.82) is 0 Å². The molecular weight excluding hydrogens is 412 g/mol. The van der Waals surface area contributed by atoms with E-state index in [1.165, 1.54) is 6.92 Å². The fraction of sp³-hybridized carbons (Fsp3) is 0.565. The lowest BCUT2D eigenvalue weighted by Gasteiger charge is -2.26. The molecular formula is C23H36N4O5. The summed E-state index contributed by atoms with van der Waals surface area (Å²) in [6.07, 6.45) is 0.593. The van der Waals surface area contributed by atoms with E-state index in [0.29, 0.717) is 6.42 Å². The number of nitrogens with two attached hydrogens (primary N) is 1. The molecule has 4 atom stereocenters. The number of amides is 3. The second-order valence-corrected chi connectivity index (χ2v) is 8.79. The predicted octanol–water partition coefficient (Wildman–Crippen LogP) is 0.817. The van der Waals surface area contributed by atoms with Gasteiger partial charge in [-0.05, 0) is 30.7 Å². The Balaban J connectivity index is 2.77. The van der Waals surface area contributed by atoms with Gasteiger partial charge in [-0.2, -0.15) is 0 Å². The molecule has 0 aliphatic carbocycles. The molecule has 0 aliphatic rings. The Kier molecular flexibility index (Phi) is 10.8. The first-order valence-corrected chi connectivity index (χ1v) is 10.9. The van der Waals surface area contributed by atoms with Gasteiger partial charge in [-0.25, -0.2) is 4.79 Å². The van der Waals surface area contributed by atoms with E-state index in [1.54, 1.807) is 38.1 Å². The molecule has 0 bridgehead atoms. The number of benzene rings is 1. The van der Waals surface area contributed by atoms with Gasteiger partial charge in [0.2, 0.25) is 17.7 Å². The van der Waals surface area contributed by atoms with Crippen LogP contribution in [0.1, 0.15) is 46.6 Å². The van der Waals surface area contributed by atoms with Crippen LogP contribution in [0.25, 0.3) is 0 Å². The monoisotopic (exact) mass is 448 g/mol. The smallest absolute Gasteiger partial charge is 0.326 e. The van der Waals surface area contributed by atoms with Crippen molar-refractivity contribution in [2.45, 2.75) is 71.6 Å². The second-order valence-electron chi connectivity index (χ2n) is 8.79. The minimum absolute atomic E-state index is 0.112. The number of carbonyl (C=O) groups is 4. The molecule has 0 aliphatic heterocycles. The van der Waals surface area contributed by atoms with Crippen LogP contribution in [-0.2, 0) is 25.6 Å². The molecule has 0 saturated carbocycles. The number of carboxylic acids is 1. The normalized spacial score (nSPS) is 14.9. The summed E-state index contributed by atoms with van der Waals surface area (Å²) >= 11 is 0. The maximum absolute atomic E-state index is 12.8. The molecule has 0 unspecified atom stereocenters. The molecule has 6 N–H and O–H groups in total. The van der Waals surface area contributed by atoms with Gasteiger partial charge in [-0.15, -0.1) is 0 Å². The van der Waals surface area contributed by atoms with Gasteiger partial charge in [0.1, 0.15) is 18.1 Å². The lowest BCUT2D eigenvalue weighted by Crippen LogP contribution is -2.58. The zero-order valence-electron chi connectivity index (χ0n) is 19.4. The molecule has 0 aromatic heterocycles. The third-order valence-electron chi connectivity index (χ3n) is 4.96. The third-order valence-corrected chi connectivity index (χ3v) is 4.96. The molecule has 0 fully saturated rings. The van der Waals surface area contributed by atoms with Gasteiger partial charge in [-0.3, -0.25) is 14.4 Å². The first-order valence-electron chi connectivity index (χ1n) is 10.9. The average molecular weight is 449 g/mol. The van der Waals surface area contributed by atoms with E-state index in [-0.39, 0.29) is 18.3 Å². The van der Waals surface area contributed by atoms with E-state index >= 15 is 0 Å². The summed E-state index contributed by atoms with van der Waals surface area (Å²) in [6.45, 7) is 8.85. The number of rotatable bonds is 12. The molecule has 1 rings (SSSR count). The average Bonchev–Trinajstić information content (AvgIpc) is 2.70. The molecule has 0 spiro atoms. The van der Waals surface area contributed by atoms with Crippen LogP contribution in [0.5, 0.6) is 0 Å². The Morgan fingerprint density at radius 3 is 1.97 bits per heavy atom. The van der Waals surface area contributed by atoms with Gasteiger partial charge in [0.25, 0.3) is 0 Å². The van der Waals surface area contributed by atoms with E-state index in [0.717, 1.165) is 5.56 Å². The molecule has 0 heterocycles. The van der Waals surface area contributed by atoms with Gasteiger partial charge in [0.05, 0.1) is 6.04 Å². The first kappa shape index (κ1) is 27.1. The van der Waals surface area contributed by atoms with Crippen molar-refractivity contribution in [1.82, 2.24) is 16.0 Å². The highest BCUT2D eigenvalue weighted by atomic mass is 16.4. The highest BCUT2D eigenvalue weighted by Crippen LogP contribution is 2.07. The second kappa shape index (κ2) is 12.8. The molecule has 9 heteroatoms. The Morgan fingerprint density at radius 1 is 0.875 bits per heavy atom. The predicted molar refractivity (Wildman–Crippen MR) is 122 cm³/mol. The van der Waals surface area contributed by atoms with E-state index < -0.39 is 47.9 Å². The molecule has 3 amide bonds. The number of nitrogens with one attached hydrogen (secondary N) is 3. The zero-order valence-corrected chi connectivity index (χ0v) is 19.4. The number of aliphatic carboxylic acids is 1. The lowest BCUT2D eigenvalue weighted by atomic mass is 10.0. The maximum atomic E-state index is 12.8. The van der Waals surface area contributed by atoms with Crippen molar-refractivity contribution in [2.75, 3.05) is 0 Å². The van der Waals surface area contributed by atoms with Crippen LogP contribution < -0.4 is 21.7 Å². The van der Waals surface area contributed by atoms with Crippen LogP contribution in [0.2, 0.25) is 0 Å². The lowest BCUT2D eigenvalue weighted by molar-refractivity contribution is -0.142. The van der Waals surface area contributed by atoms with Gasteiger partial charge in [-0.1, -0.05) is 58.0 Å². The van der Waals surface area contributed by atoms with Crippen LogP contribution in [-0.4, -0.2) is 53.0 Å². The number of hydrogen-bond donors (Lipinski definition) is 5. The molecule has 32 heavy (non-hydrogen) atoms. The summed E-state index contributed by atoms with van der Waals surface area (Å²) in [5.41, 5.74) is 6.61. The number of hydrogen-bond acceptors (Lipinski definition) is 5. The van der Waals surface area contributed by atoms with Gasteiger partial charge < -0.3 is 26.8 Å². The van der Waals surface area contributed by atoms with Gasteiger partial charge in [0, 0.05) is 6.42 Å². The highest BCUT2D eigenvalue weighted by Gasteiger charge is 2.30. The standard InChI is InChI=1S/C23H36N4O5/c1-13(2)11-17(24)21(29)25-15(5)20(28)27-19(14(3)4)22(30)26-18(23(31)32)12-16-9-7-6-8-10-16/h6-10,13-15,17-19H,11-12,24H2,1-5H3,(H,25,29)(H,26,30)(H,27,28)(H,31,32)/t15-,17-,18-,19-/m0/s1. The number of carbonyl (C=O) groups excluding carboxylic acids is 3. The van der Waals surface area contributed by atoms with Crippen molar-refractivity contribution in [3.8, 4) is 0 Å². The maximum Gasteiger partial charge on any atom is 0.326 e. The SMILES string of the molecule is CC(C)C[C@H](N)C(=O)N[C@@H](C)C(=O)N[C@H](C(=O)N[C@@H](Cc1ccccc1)C(=O)O)C(C)C. The molecule has 178 valence electrons. The molecule has 1 aromatic rings. The summed E-state index contributed by atoms with van der Waals surface area (Å²) in [6, 6.07) is 5.19. The summed E-state index contributed by atoms with van der Waals surface area (Å²) in [7, 11) is 0. The topological polar surface area (TPSA) is 151 Å². The van der Waals surface area contributed by atoms with Crippen LogP contribution in [0.15, 0.2) is 30.3 Å². The van der Waals surface area contributed by atoms with Crippen molar-refractivity contribution in [3.05, 3.63) is 35.9 Å². The first-order chi connectivity index (χ1) is 14.9. The van der Waals surface area contributed by atoms with Crippen LogP contribution in [0.4, 0.5) is 0 Å². The van der Waals surface area contributed by atoms with Crippen molar-refractivity contribution >= 4 is 23.7 Å². The summed E-state index contributed by atoms with van der Waals surface area (Å²) < 4.78 is 0. The zero-order chi connectivity index (χ0) is 24.4. The minimum atomic E-state index is -1.17. The Hall–Kier alpha value is -2.94. The summed E-state index contributed by atoms with van der Waals surface area (Å²) in [5, 5.41) is 17.2. The van der Waals surface area contributed by atoms with E-state index in [4.69, 9.17) is 5.73 Å². The Morgan fingerprint density at radius 2 is 1.47 bits per heavy atom. The quantitative estimate of drug-likeness (QED) is 0.319.